The number of aromatic nitrogens is 7. The van der Waals surface area contributed by atoms with Crippen LogP contribution in [0.25, 0.3) is 11.2 Å². The van der Waals surface area contributed by atoms with E-state index in [1.54, 1.807) is 0 Å². The fourth-order valence-electron chi connectivity index (χ4n) is 5.14. The Hall–Kier alpha value is -3.75. The molecule has 0 bridgehead atoms. The minimum atomic E-state index is -4.96. The quantitative estimate of drug-likeness (QED) is 0.274. The molecule has 2 saturated carbocycles. The summed E-state index contributed by atoms with van der Waals surface area (Å²) in [7, 11) is 1.87. The highest BCUT2D eigenvalue weighted by Crippen LogP contribution is 2.39. The Balaban J connectivity index is 1.40. The number of hydrogen-bond donors (Lipinski definition) is 1. The highest BCUT2D eigenvalue weighted by Gasteiger charge is 2.40. The predicted molar refractivity (Wildman–Crippen MR) is 135 cm³/mol. The van der Waals surface area contributed by atoms with E-state index in [1.807, 2.05) is 24.6 Å². The molecule has 1 N–H and O–H groups in total. The van der Waals surface area contributed by atoms with Crippen molar-refractivity contribution in [1.82, 2.24) is 40.1 Å². The molecule has 1 aromatic carbocycles. The van der Waals surface area contributed by atoms with Crippen LogP contribution in [0.2, 0.25) is 0 Å². The number of nitrogens with one attached hydrogen (secondary N) is 1. The molecule has 0 radical (unpaired) electrons. The molecule has 0 unspecified atom stereocenters. The molecule has 218 valence electrons. The molecule has 3 heterocycles. The lowest BCUT2D eigenvalue weighted by Crippen LogP contribution is -2.30. The monoisotopic (exact) mass is 579 g/mol. The lowest BCUT2D eigenvalue weighted by Gasteiger charge is -2.26. The number of aromatic amines is 1. The van der Waals surface area contributed by atoms with Crippen molar-refractivity contribution in [3.05, 3.63) is 58.0 Å². The molecule has 6 rings (SSSR count). The van der Waals surface area contributed by atoms with Crippen LogP contribution in [0.4, 0.5) is 32.3 Å². The largest absolute Gasteiger partial charge is 0.416 e. The van der Waals surface area contributed by atoms with Crippen molar-refractivity contribution in [1.29, 1.82) is 0 Å². The van der Waals surface area contributed by atoms with E-state index in [0.29, 0.717) is 41.9 Å². The summed E-state index contributed by atoms with van der Waals surface area (Å²) in [6.07, 6.45) is -5.45. The van der Waals surface area contributed by atoms with E-state index in [-0.39, 0.29) is 30.7 Å². The van der Waals surface area contributed by atoms with Crippen molar-refractivity contribution in [2.45, 2.75) is 76.7 Å². The lowest BCUT2D eigenvalue weighted by atomic mass is 10.0. The van der Waals surface area contributed by atoms with Gasteiger partial charge in [0.25, 0.3) is 5.95 Å². The lowest BCUT2D eigenvalue weighted by molar-refractivity contribution is -0.143. The van der Waals surface area contributed by atoms with Gasteiger partial charge in [-0.1, -0.05) is 5.10 Å². The van der Waals surface area contributed by atoms with Crippen LogP contribution in [0.5, 0.6) is 0 Å². The van der Waals surface area contributed by atoms with Crippen LogP contribution in [0.15, 0.2) is 24.3 Å². The van der Waals surface area contributed by atoms with Gasteiger partial charge in [-0.05, 0) is 73.2 Å². The van der Waals surface area contributed by atoms with E-state index in [9.17, 15) is 26.3 Å². The summed E-state index contributed by atoms with van der Waals surface area (Å²) in [6.45, 7) is 2.17. The van der Waals surface area contributed by atoms with Gasteiger partial charge in [-0.15, -0.1) is 5.10 Å². The number of alkyl halides is 6. The molecule has 2 fully saturated rings. The third-order valence-electron chi connectivity index (χ3n) is 7.60. The summed E-state index contributed by atoms with van der Waals surface area (Å²) in [4.78, 5) is 13.5. The van der Waals surface area contributed by atoms with Gasteiger partial charge in [-0.2, -0.15) is 31.6 Å². The Bertz CT molecular complexity index is 1510. The number of nitrogens with zero attached hydrogens (tertiary/aromatic N) is 8. The number of hydrogen-bond acceptors (Lipinski definition) is 7. The maximum absolute atomic E-state index is 13.5. The van der Waals surface area contributed by atoms with Crippen LogP contribution in [-0.4, -0.2) is 52.1 Å². The number of H-pyrrole nitrogens is 1. The number of halogens is 6. The van der Waals surface area contributed by atoms with E-state index in [1.165, 1.54) is 4.90 Å². The number of tetrazole rings is 1. The van der Waals surface area contributed by atoms with Crippen molar-refractivity contribution < 1.29 is 26.3 Å². The van der Waals surface area contributed by atoms with Crippen LogP contribution < -0.4 is 4.90 Å². The predicted octanol–water partition coefficient (Wildman–Crippen LogP) is 5.16. The van der Waals surface area contributed by atoms with Crippen LogP contribution in [-0.2, 0) is 39.0 Å². The fraction of sp³-hybridized carbons (Fsp3) is 0.500. The van der Waals surface area contributed by atoms with Crippen LogP contribution >= 0.6 is 0 Å². The molecule has 3 aromatic heterocycles. The standard InChI is InChI=1S/C26H27F6N9/c1-14-33-21-9-16(22(34-23(21)39(14)2)13-41(19-3-4-19)20-5-6-20)12-40(24-35-37-38-36-24)11-15-7-17(25(27,28)29)10-18(8-15)26(30,31)32/h7-10,19-20H,3-6,11-13H2,1-2H3,(H,35,36,37,38). The van der Waals surface area contributed by atoms with Crippen molar-refractivity contribution in [3.63, 3.8) is 0 Å². The normalized spacial score (nSPS) is 16.2. The molecule has 9 nitrogen and oxygen atoms in total. The molecule has 0 spiro atoms. The maximum Gasteiger partial charge on any atom is 0.416 e. The van der Waals surface area contributed by atoms with Crippen molar-refractivity contribution in [2.75, 3.05) is 4.90 Å². The molecule has 15 heteroatoms. The summed E-state index contributed by atoms with van der Waals surface area (Å²) >= 11 is 0. The van der Waals surface area contributed by atoms with Gasteiger partial charge in [-0.3, -0.25) is 4.90 Å². The first-order valence-electron chi connectivity index (χ1n) is 13.2. The zero-order valence-corrected chi connectivity index (χ0v) is 22.3. The molecular weight excluding hydrogens is 552 g/mol. The van der Waals surface area contributed by atoms with Crippen LogP contribution in [0.1, 0.15) is 59.5 Å². The van der Waals surface area contributed by atoms with E-state index in [4.69, 9.17) is 4.98 Å². The minimum Gasteiger partial charge on any atom is -0.329 e. The Morgan fingerprint density at radius 2 is 1.51 bits per heavy atom. The van der Waals surface area contributed by atoms with Crippen molar-refractivity contribution in [3.8, 4) is 0 Å². The molecule has 4 aromatic rings. The summed E-state index contributed by atoms with van der Waals surface area (Å²) in [6, 6.07) is 4.40. The molecule has 0 atom stereocenters. The zero-order valence-electron chi connectivity index (χ0n) is 22.3. The Morgan fingerprint density at radius 3 is 2.05 bits per heavy atom. The first-order valence-corrected chi connectivity index (χ1v) is 13.2. The van der Waals surface area contributed by atoms with Crippen molar-refractivity contribution in [2.24, 2.45) is 7.05 Å². The smallest absolute Gasteiger partial charge is 0.329 e. The Morgan fingerprint density at radius 1 is 0.878 bits per heavy atom. The van der Waals surface area contributed by atoms with E-state index in [0.717, 1.165) is 42.8 Å². The summed E-state index contributed by atoms with van der Waals surface area (Å²) < 4.78 is 83.2. The maximum atomic E-state index is 13.5. The van der Waals surface area contributed by atoms with Gasteiger partial charge in [-0.25, -0.2) is 9.97 Å². The second-order valence-corrected chi connectivity index (χ2v) is 10.8. The molecule has 0 amide bonds. The highest BCUT2D eigenvalue weighted by atomic mass is 19.4. The number of aryl methyl sites for hydroxylation is 2. The summed E-state index contributed by atoms with van der Waals surface area (Å²) in [5.74, 6) is 0.788. The average molecular weight is 580 g/mol. The van der Waals surface area contributed by atoms with Gasteiger partial charge in [0.1, 0.15) is 11.3 Å². The second kappa shape index (κ2) is 9.96. The third-order valence-corrected chi connectivity index (χ3v) is 7.60. The van der Waals surface area contributed by atoms with Crippen molar-refractivity contribution >= 4 is 17.1 Å². The van der Waals surface area contributed by atoms with E-state index in [2.05, 4.69) is 30.5 Å². The Labute approximate surface area is 230 Å². The van der Waals surface area contributed by atoms with Crippen LogP contribution in [0.3, 0.4) is 0 Å². The first-order chi connectivity index (χ1) is 19.4. The zero-order chi connectivity index (χ0) is 29.1. The SMILES string of the molecule is Cc1nc2cc(CN(Cc3cc(C(F)(F)F)cc(C(F)(F)F)c3)c3nn[nH]n3)c(CN(C3CC3)C3CC3)nc2n1C. The molecule has 2 aliphatic carbocycles. The molecule has 2 aliphatic rings. The number of benzene rings is 1. The average Bonchev–Trinajstić information content (AvgIpc) is 3.84. The number of fused-ring (bicyclic) bond motifs is 1. The molecule has 0 aliphatic heterocycles. The molecule has 0 saturated heterocycles. The van der Waals surface area contributed by atoms with Gasteiger partial charge < -0.3 is 9.47 Å². The van der Waals surface area contributed by atoms with Crippen LogP contribution in [0, 0.1) is 6.92 Å². The van der Waals surface area contributed by atoms with E-state index >= 15 is 0 Å². The number of anilines is 1. The number of imidazole rings is 1. The third kappa shape index (κ3) is 5.85. The van der Waals surface area contributed by atoms with Gasteiger partial charge in [0.05, 0.1) is 16.8 Å². The highest BCUT2D eigenvalue weighted by molar-refractivity contribution is 5.73. The fourth-order valence-corrected chi connectivity index (χ4v) is 5.14. The van der Waals surface area contributed by atoms with E-state index < -0.39 is 23.5 Å². The van der Waals surface area contributed by atoms with Gasteiger partial charge >= 0.3 is 12.4 Å². The second-order valence-electron chi connectivity index (χ2n) is 10.8. The van der Waals surface area contributed by atoms with Gasteiger partial charge in [0.15, 0.2) is 5.65 Å². The Kier molecular flexibility index (Phi) is 6.66. The topological polar surface area (TPSA) is 91.7 Å². The molecule has 41 heavy (non-hydrogen) atoms. The van der Waals surface area contributed by atoms with Gasteiger partial charge in [0, 0.05) is 38.8 Å². The summed E-state index contributed by atoms with van der Waals surface area (Å²) in [5.41, 5.74) is -0.118. The minimum absolute atomic E-state index is 0.0282. The number of rotatable bonds is 9. The first kappa shape index (κ1) is 27.4. The van der Waals surface area contributed by atoms with Gasteiger partial charge in [0.2, 0.25) is 0 Å². The molecular formula is C26H27F6N9. The number of pyridine rings is 1. The summed E-state index contributed by atoms with van der Waals surface area (Å²) in [5, 5.41) is 13.8.